The Balaban J connectivity index is 1.94. The van der Waals surface area contributed by atoms with Crippen molar-refractivity contribution in [1.82, 2.24) is 0 Å². The van der Waals surface area contributed by atoms with E-state index in [1.807, 2.05) is 6.07 Å². The molecule has 1 nitrogen and oxygen atoms in total. The van der Waals surface area contributed by atoms with Crippen molar-refractivity contribution in [3.63, 3.8) is 0 Å². The van der Waals surface area contributed by atoms with Crippen LogP contribution in [0.4, 0.5) is 17.6 Å². The molecule has 0 fully saturated rings. The Hall–Kier alpha value is -3.26. The predicted octanol–water partition coefficient (Wildman–Crippen LogP) is 6.61. The normalized spacial score (nSPS) is 11.0. The van der Waals surface area contributed by atoms with Gasteiger partial charge in [-0.05, 0) is 58.9 Å². The van der Waals surface area contributed by atoms with Gasteiger partial charge >= 0.3 is 6.36 Å². The summed E-state index contributed by atoms with van der Waals surface area (Å²) in [4.78, 5) is 0. The first-order chi connectivity index (χ1) is 13.4. The van der Waals surface area contributed by atoms with Gasteiger partial charge in [0.2, 0.25) is 0 Å². The van der Waals surface area contributed by atoms with Crippen molar-refractivity contribution in [2.24, 2.45) is 0 Å². The van der Waals surface area contributed by atoms with E-state index in [0.717, 1.165) is 23.8 Å². The molecule has 142 valence electrons. The van der Waals surface area contributed by atoms with Crippen molar-refractivity contribution in [3.8, 4) is 23.2 Å². The third-order valence-electron chi connectivity index (χ3n) is 4.21. The standard InChI is InChI=1S/C23H16F4O/c1-2-3-5-16-8-10-21(22(24)14-16)19-9-11-20-17(6-4-7-18(20)15-19)12-13-28-23(25,26)27/h2,4,6-11,14-15H,1,3,5H2. The minimum absolute atomic E-state index is 0.324. The number of allylic oxidation sites excluding steroid dienone is 1. The Morgan fingerprint density at radius 2 is 1.86 bits per heavy atom. The Bertz CT molecular complexity index is 1070. The summed E-state index contributed by atoms with van der Waals surface area (Å²) in [6.45, 7) is 3.66. The van der Waals surface area contributed by atoms with Crippen molar-refractivity contribution < 1.29 is 22.3 Å². The molecule has 0 saturated carbocycles. The Kier molecular flexibility index (Phi) is 5.70. The first-order valence-electron chi connectivity index (χ1n) is 8.55. The summed E-state index contributed by atoms with van der Waals surface area (Å²) in [7, 11) is 0. The second-order valence-corrected chi connectivity index (χ2v) is 6.16. The minimum Gasteiger partial charge on any atom is -0.352 e. The third-order valence-corrected chi connectivity index (χ3v) is 4.21. The lowest BCUT2D eigenvalue weighted by atomic mass is 9.97. The molecule has 0 aromatic heterocycles. The second kappa shape index (κ2) is 8.18. The summed E-state index contributed by atoms with van der Waals surface area (Å²) in [6.07, 6.45) is 0.149. The highest BCUT2D eigenvalue weighted by Gasteiger charge is 2.29. The fraction of sp³-hybridized carbons (Fsp3) is 0.130. The molecule has 0 aliphatic heterocycles. The minimum atomic E-state index is -4.81. The van der Waals surface area contributed by atoms with E-state index in [-0.39, 0.29) is 5.82 Å². The molecule has 0 atom stereocenters. The topological polar surface area (TPSA) is 9.23 Å². The molecule has 0 aliphatic carbocycles. The molecular formula is C23H16F4O. The van der Waals surface area contributed by atoms with Gasteiger partial charge in [-0.25, -0.2) is 4.39 Å². The molecule has 0 spiro atoms. The number of hydrogen-bond donors (Lipinski definition) is 0. The predicted molar refractivity (Wildman–Crippen MR) is 102 cm³/mol. The van der Waals surface area contributed by atoms with Gasteiger partial charge in [-0.3, -0.25) is 0 Å². The monoisotopic (exact) mass is 384 g/mol. The van der Waals surface area contributed by atoms with Crippen LogP contribution in [-0.4, -0.2) is 6.36 Å². The van der Waals surface area contributed by atoms with Crippen LogP contribution >= 0.6 is 0 Å². The van der Waals surface area contributed by atoms with E-state index in [1.165, 1.54) is 6.07 Å². The summed E-state index contributed by atoms with van der Waals surface area (Å²) >= 11 is 0. The van der Waals surface area contributed by atoms with Crippen molar-refractivity contribution in [3.05, 3.63) is 84.2 Å². The number of halogens is 4. The van der Waals surface area contributed by atoms with Gasteiger partial charge in [0.15, 0.2) is 0 Å². The van der Waals surface area contributed by atoms with Gasteiger partial charge in [-0.2, -0.15) is 0 Å². The van der Waals surface area contributed by atoms with E-state index in [4.69, 9.17) is 0 Å². The van der Waals surface area contributed by atoms with E-state index in [2.05, 4.69) is 17.2 Å². The van der Waals surface area contributed by atoms with Crippen molar-refractivity contribution in [2.45, 2.75) is 19.2 Å². The van der Waals surface area contributed by atoms with Crippen LogP contribution in [0.3, 0.4) is 0 Å². The van der Waals surface area contributed by atoms with Crippen LogP contribution < -0.4 is 0 Å². The average molecular weight is 384 g/mol. The average Bonchev–Trinajstić information content (AvgIpc) is 2.65. The van der Waals surface area contributed by atoms with Crippen LogP contribution in [-0.2, 0) is 11.2 Å². The van der Waals surface area contributed by atoms with Crippen LogP contribution in [0.15, 0.2) is 67.3 Å². The maximum Gasteiger partial charge on any atom is 0.581 e. The Labute approximate surface area is 160 Å². The molecule has 0 unspecified atom stereocenters. The Morgan fingerprint density at radius 3 is 2.57 bits per heavy atom. The van der Waals surface area contributed by atoms with Crippen LogP contribution in [0.1, 0.15) is 17.5 Å². The summed E-state index contributed by atoms with van der Waals surface area (Å²) in [5, 5.41) is 1.40. The van der Waals surface area contributed by atoms with E-state index < -0.39 is 6.36 Å². The smallest absolute Gasteiger partial charge is 0.352 e. The van der Waals surface area contributed by atoms with Crippen LogP contribution in [0.25, 0.3) is 21.9 Å². The SMILES string of the molecule is C=CCCc1ccc(-c2ccc3c(C#COC(F)(F)F)cccc3c2)c(F)c1. The zero-order valence-electron chi connectivity index (χ0n) is 14.8. The maximum atomic E-state index is 14.5. The van der Waals surface area contributed by atoms with E-state index in [1.54, 1.807) is 54.6 Å². The summed E-state index contributed by atoms with van der Waals surface area (Å²) < 4.78 is 54.3. The van der Waals surface area contributed by atoms with E-state index in [0.29, 0.717) is 22.1 Å². The maximum absolute atomic E-state index is 14.5. The number of rotatable bonds is 4. The highest BCUT2D eigenvalue weighted by molar-refractivity contribution is 5.91. The first-order valence-corrected chi connectivity index (χ1v) is 8.55. The summed E-state index contributed by atoms with van der Waals surface area (Å²) in [6, 6.07) is 15.4. The highest BCUT2D eigenvalue weighted by Crippen LogP contribution is 2.29. The molecule has 5 heteroatoms. The molecule has 0 amide bonds. The van der Waals surface area contributed by atoms with Crippen molar-refractivity contribution >= 4 is 10.8 Å². The number of ether oxygens (including phenoxy) is 1. The number of hydrogen-bond acceptors (Lipinski definition) is 1. The van der Waals surface area contributed by atoms with Gasteiger partial charge < -0.3 is 4.74 Å². The molecule has 3 aromatic carbocycles. The zero-order valence-corrected chi connectivity index (χ0v) is 14.8. The molecule has 0 heterocycles. The Morgan fingerprint density at radius 1 is 1.04 bits per heavy atom. The molecule has 0 radical (unpaired) electrons. The highest BCUT2D eigenvalue weighted by atomic mass is 19.4. The summed E-state index contributed by atoms with van der Waals surface area (Å²) in [5.74, 6) is 2.04. The van der Waals surface area contributed by atoms with E-state index in [9.17, 15) is 17.6 Å². The molecule has 3 aromatic rings. The number of fused-ring (bicyclic) bond motifs is 1. The molecule has 3 rings (SSSR count). The van der Waals surface area contributed by atoms with Gasteiger partial charge in [0.05, 0.1) is 0 Å². The van der Waals surface area contributed by atoms with E-state index >= 15 is 0 Å². The molecule has 0 bridgehead atoms. The molecular weight excluding hydrogens is 368 g/mol. The largest absolute Gasteiger partial charge is 0.581 e. The van der Waals surface area contributed by atoms with Crippen LogP contribution in [0.5, 0.6) is 0 Å². The molecule has 0 aliphatic rings. The van der Waals surface area contributed by atoms with Crippen LogP contribution in [0, 0.1) is 17.8 Å². The lowest BCUT2D eigenvalue weighted by Crippen LogP contribution is -2.08. The lowest BCUT2D eigenvalue weighted by molar-refractivity contribution is -0.291. The number of alkyl halides is 3. The number of benzene rings is 3. The first kappa shape index (κ1) is 19.5. The van der Waals surface area contributed by atoms with Crippen molar-refractivity contribution in [2.75, 3.05) is 0 Å². The second-order valence-electron chi connectivity index (χ2n) is 6.16. The summed E-state index contributed by atoms with van der Waals surface area (Å²) in [5.41, 5.74) is 2.43. The molecule has 0 N–H and O–H groups in total. The van der Waals surface area contributed by atoms with Gasteiger partial charge in [0.25, 0.3) is 0 Å². The van der Waals surface area contributed by atoms with Gasteiger partial charge in [0.1, 0.15) is 11.9 Å². The fourth-order valence-corrected chi connectivity index (χ4v) is 2.92. The van der Waals surface area contributed by atoms with Crippen molar-refractivity contribution in [1.29, 1.82) is 0 Å². The third kappa shape index (κ3) is 4.72. The zero-order chi connectivity index (χ0) is 20.1. The lowest BCUT2D eigenvalue weighted by Gasteiger charge is -2.08. The molecule has 28 heavy (non-hydrogen) atoms. The molecule has 0 saturated heterocycles. The van der Waals surface area contributed by atoms with Gasteiger partial charge in [-0.1, -0.05) is 42.5 Å². The fourth-order valence-electron chi connectivity index (χ4n) is 2.92. The van der Waals surface area contributed by atoms with Gasteiger partial charge in [-0.15, -0.1) is 19.8 Å². The van der Waals surface area contributed by atoms with Crippen LogP contribution in [0.2, 0.25) is 0 Å². The van der Waals surface area contributed by atoms with Gasteiger partial charge in [0, 0.05) is 11.1 Å². The number of aryl methyl sites for hydroxylation is 1. The quantitative estimate of drug-likeness (QED) is 0.279.